The lowest BCUT2D eigenvalue weighted by Crippen LogP contribution is -2.25. The summed E-state index contributed by atoms with van der Waals surface area (Å²) in [4.78, 5) is 13.2. The summed E-state index contributed by atoms with van der Waals surface area (Å²) in [6.45, 7) is 4.51. The fourth-order valence-corrected chi connectivity index (χ4v) is 1.44. The van der Waals surface area contributed by atoms with Gasteiger partial charge in [-0.1, -0.05) is 0 Å². The maximum Gasteiger partial charge on any atom is 0.392 e. The number of nitrogens with zero attached hydrogens (tertiary/aromatic N) is 4. The predicted molar refractivity (Wildman–Crippen MR) is 64.6 cm³/mol. The molecule has 0 aliphatic carbocycles. The fourth-order valence-electron chi connectivity index (χ4n) is 1.29. The van der Waals surface area contributed by atoms with Gasteiger partial charge >= 0.3 is 12.2 Å². The molecule has 108 valence electrons. The van der Waals surface area contributed by atoms with Crippen LogP contribution in [-0.2, 0) is 0 Å². The third-order valence-corrected chi connectivity index (χ3v) is 2.41. The first-order valence-electron chi connectivity index (χ1n) is 5.71. The highest BCUT2D eigenvalue weighted by atomic mass is 35.5. The number of hydrogen-bond acceptors (Lipinski definition) is 5. The molecule has 9 heteroatoms. The minimum Gasteiger partial charge on any atom is -0.463 e. The summed E-state index contributed by atoms with van der Waals surface area (Å²) in [6, 6.07) is -0.203. The number of ether oxygens (including phenoxy) is 1. The average Bonchev–Trinajstić information content (AvgIpc) is 2.28. The van der Waals surface area contributed by atoms with Gasteiger partial charge in [0.15, 0.2) is 0 Å². The zero-order valence-corrected chi connectivity index (χ0v) is 11.3. The first kappa shape index (κ1) is 15.7. The van der Waals surface area contributed by atoms with E-state index in [9.17, 15) is 13.2 Å². The Kier molecular flexibility index (Phi) is 5.59. The van der Waals surface area contributed by atoms with Gasteiger partial charge in [-0.3, -0.25) is 0 Å². The van der Waals surface area contributed by atoms with Gasteiger partial charge < -0.3 is 9.64 Å². The standard InChI is InChI=1S/C10H14ClF3N4O/c1-3-18(4-2)8-15-7(11)16-9(17-8)19-6-5-10(12,13)14/h3-6H2,1-2H3. The molecule has 0 radical (unpaired) electrons. The van der Waals surface area contributed by atoms with Crippen molar-refractivity contribution in [2.75, 3.05) is 24.6 Å². The molecule has 0 N–H and O–H groups in total. The van der Waals surface area contributed by atoms with E-state index in [4.69, 9.17) is 16.3 Å². The Balaban J connectivity index is 2.74. The van der Waals surface area contributed by atoms with Crippen LogP contribution >= 0.6 is 11.6 Å². The summed E-state index contributed by atoms with van der Waals surface area (Å²) in [5, 5.41) is -0.112. The molecule has 0 fully saturated rings. The van der Waals surface area contributed by atoms with Gasteiger partial charge in [-0.25, -0.2) is 0 Å². The summed E-state index contributed by atoms with van der Waals surface area (Å²) < 4.78 is 40.8. The Labute approximate surface area is 113 Å². The largest absolute Gasteiger partial charge is 0.463 e. The highest BCUT2D eigenvalue weighted by Crippen LogP contribution is 2.20. The summed E-state index contributed by atoms with van der Waals surface area (Å²) in [5.41, 5.74) is 0. The number of halogens is 4. The van der Waals surface area contributed by atoms with Crippen molar-refractivity contribution in [3.8, 4) is 6.01 Å². The Morgan fingerprint density at radius 3 is 2.32 bits per heavy atom. The van der Waals surface area contributed by atoms with E-state index >= 15 is 0 Å². The lowest BCUT2D eigenvalue weighted by molar-refractivity contribution is -0.139. The molecule has 0 amide bonds. The molecule has 0 spiro atoms. The Bertz CT molecular complexity index is 412. The van der Waals surface area contributed by atoms with Crippen LogP contribution in [-0.4, -0.2) is 40.8 Å². The van der Waals surface area contributed by atoms with Crippen molar-refractivity contribution in [1.29, 1.82) is 0 Å². The number of anilines is 1. The second-order valence-electron chi connectivity index (χ2n) is 3.57. The molecular formula is C10H14ClF3N4O. The second-order valence-corrected chi connectivity index (χ2v) is 3.91. The van der Waals surface area contributed by atoms with Crippen LogP contribution in [0.2, 0.25) is 5.28 Å². The number of rotatable bonds is 6. The quantitative estimate of drug-likeness (QED) is 0.808. The summed E-state index contributed by atoms with van der Waals surface area (Å²) in [5.74, 6) is 0.284. The molecule has 5 nitrogen and oxygen atoms in total. The van der Waals surface area contributed by atoms with Crippen LogP contribution in [0.1, 0.15) is 20.3 Å². The van der Waals surface area contributed by atoms with Crippen LogP contribution < -0.4 is 9.64 Å². The number of aromatic nitrogens is 3. The van der Waals surface area contributed by atoms with Crippen molar-refractivity contribution < 1.29 is 17.9 Å². The van der Waals surface area contributed by atoms with E-state index in [1.807, 2.05) is 13.8 Å². The monoisotopic (exact) mass is 298 g/mol. The van der Waals surface area contributed by atoms with Gasteiger partial charge in [0.2, 0.25) is 11.2 Å². The van der Waals surface area contributed by atoms with Crippen molar-refractivity contribution in [2.24, 2.45) is 0 Å². The minimum absolute atomic E-state index is 0.112. The van der Waals surface area contributed by atoms with Crippen LogP contribution in [0.3, 0.4) is 0 Å². The molecule has 0 atom stereocenters. The highest BCUT2D eigenvalue weighted by Gasteiger charge is 2.27. The van der Waals surface area contributed by atoms with Crippen LogP contribution in [0, 0.1) is 0 Å². The van der Waals surface area contributed by atoms with Crippen molar-refractivity contribution in [3.63, 3.8) is 0 Å². The molecule has 19 heavy (non-hydrogen) atoms. The van der Waals surface area contributed by atoms with Gasteiger partial charge in [-0.05, 0) is 25.4 Å². The van der Waals surface area contributed by atoms with E-state index < -0.39 is 19.2 Å². The van der Waals surface area contributed by atoms with E-state index in [1.165, 1.54) is 0 Å². The highest BCUT2D eigenvalue weighted by molar-refractivity contribution is 6.28. The van der Waals surface area contributed by atoms with E-state index in [0.717, 1.165) is 0 Å². The van der Waals surface area contributed by atoms with E-state index in [1.54, 1.807) is 4.90 Å². The summed E-state index contributed by atoms with van der Waals surface area (Å²) in [6.07, 6.45) is -5.35. The van der Waals surface area contributed by atoms with Gasteiger partial charge in [-0.2, -0.15) is 28.1 Å². The Morgan fingerprint density at radius 2 is 1.79 bits per heavy atom. The van der Waals surface area contributed by atoms with Gasteiger partial charge in [0.05, 0.1) is 6.42 Å². The summed E-state index contributed by atoms with van der Waals surface area (Å²) >= 11 is 5.69. The first-order valence-corrected chi connectivity index (χ1v) is 6.09. The van der Waals surface area contributed by atoms with Crippen LogP contribution in [0.15, 0.2) is 0 Å². The van der Waals surface area contributed by atoms with Crippen LogP contribution in [0.4, 0.5) is 19.1 Å². The van der Waals surface area contributed by atoms with Crippen LogP contribution in [0.25, 0.3) is 0 Å². The van der Waals surface area contributed by atoms with Crippen molar-refractivity contribution in [1.82, 2.24) is 15.0 Å². The smallest absolute Gasteiger partial charge is 0.392 e. The molecule has 1 aromatic rings. The van der Waals surface area contributed by atoms with Gasteiger partial charge in [0.25, 0.3) is 0 Å². The molecule has 0 aliphatic heterocycles. The SMILES string of the molecule is CCN(CC)c1nc(Cl)nc(OCCC(F)(F)F)n1. The normalized spacial score (nSPS) is 11.5. The molecule has 1 aromatic heterocycles. The third kappa shape index (κ3) is 5.46. The van der Waals surface area contributed by atoms with Crippen molar-refractivity contribution >= 4 is 17.5 Å². The van der Waals surface area contributed by atoms with Gasteiger partial charge in [0.1, 0.15) is 6.61 Å². The Morgan fingerprint density at radius 1 is 1.16 bits per heavy atom. The summed E-state index contributed by atoms with van der Waals surface area (Å²) in [7, 11) is 0. The van der Waals surface area contributed by atoms with Crippen molar-refractivity contribution in [3.05, 3.63) is 5.28 Å². The fraction of sp³-hybridized carbons (Fsp3) is 0.700. The van der Waals surface area contributed by atoms with Gasteiger partial charge in [0, 0.05) is 13.1 Å². The molecule has 0 aliphatic rings. The molecular weight excluding hydrogens is 285 g/mol. The van der Waals surface area contributed by atoms with Crippen LogP contribution in [0.5, 0.6) is 6.01 Å². The lowest BCUT2D eigenvalue weighted by atomic mass is 10.4. The average molecular weight is 299 g/mol. The number of alkyl halides is 3. The maximum absolute atomic E-state index is 12.0. The predicted octanol–water partition coefficient (Wildman–Crippen LogP) is 2.70. The molecule has 0 unspecified atom stereocenters. The zero-order valence-electron chi connectivity index (χ0n) is 10.5. The molecule has 0 aromatic carbocycles. The van der Waals surface area contributed by atoms with E-state index in [-0.39, 0.29) is 17.2 Å². The number of hydrogen-bond donors (Lipinski definition) is 0. The maximum atomic E-state index is 12.0. The zero-order chi connectivity index (χ0) is 14.5. The van der Waals surface area contributed by atoms with E-state index in [2.05, 4.69) is 15.0 Å². The molecule has 1 heterocycles. The van der Waals surface area contributed by atoms with Crippen molar-refractivity contribution in [2.45, 2.75) is 26.4 Å². The first-order chi connectivity index (χ1) is 8.85. The molecule has 0 saturated carbocycles. The van der Waals surface area contributed by atoms with E-state index in [0.29, 0.717) is 13.1 Å². The second kappa shape index (κ2) is 6.74. The van der Waals surface area contributed by atoms with Gasteiger partial charge in [-0.15, -0.1) is 0 Å². The lowest BCUT2D eigenvalue weighted by Gasteiger charge is -2.18. The minimum atomic E-state index is -4.28. The third-order valence-electron chi connectivity index (χ3n) is 2.24. The Hall–Kier alpha value is -1.31. The topological polar surface area (TPSA) is 51.1 Å². The molecule has 0 saturated heterocycles. The molecule has 0 bridgehead atoms. The molecule has 1 rings (SSSR count).